The number of hydrogen-bond acceptors (Lipinski definition) is 3. The molecular formula is C17H20N2OS. The molecule has 1 aliphatic heterocycles. The molecule has 1 amide bonds. The van der Waals surface area contributed by atoms with Crippen LogP contribution in [0.4, 0.5) is 5.69 Å². The largest absolute Gasteiger partial charge is 0.385 e. The van der Waals surface area contributed by atoms with Crippen LogP contribution in [0.1, 0.15) is 34.1 Å². The number of carbonyl (C=O) groups excluding carboxylic acids is 1. The normalized spacial score (nSPS) is 14.9. The van der Waals surface area contributed by atoms with Crippen LogP contribution in [-0.4, -0.2) is 18.5 Å². The number of nitrogens with one attached hydrogen (secondary N) is 2. The minimum Gasteiger partial charge on any atom is -0.385 e. The van der Waals surface area contributed by atoms with Crippen molar-refractivity contribution in [3.05, 3.63) is 51.7 Å². The van der Waals surface area contributed by atoms with Crippen molar-refractivity contribution in [3.63, 3.8) is 0 Å². The molecule has 3 nitrogen and oxygen atoms in total. The zero-order chi connectivity index (χ0) is 14.7. The molecular weight excluding hydrogens is 280 g/mol. The van der Waals surface area contributed by atoms with Gasteiger partial charge in [0.2, 0.25) is 0 Å². The molecule has 1 aromatic carbocycles. The molecule has 4 heteroatoms. The summed E-state index contributed by atoms with van der Waals surface area (Å²) >= 11 is 1.74. The Morgan fingerprint density at radius 2 is 2.29 bits per heavy atom. The topological polar surface area (TPSA) is 41.1 Å². The van der Waals surface area contributed by atoms with E-state index >= 15 is 0 Å². The summed E-state index contributed by atoms with van der Waals surface area (Å²) < 4.78 is 0. The fraction of sp³-hybridized carbons (Fsp3) is 0.353. The second kappa shape index (κ2) is 6.31. The van der Waals surface area contributed by atoms with E-state index in [2.05, 4.69) is 35.1 Å². The number of amides is 1. The lowest BCUT2D eigenvalue weighted by Crippen LogP contribution is -2.34. The molecule has 0 saturated carbocycles. The van der Waals surface area contributed by atoms with Gasteiger partial charge >= 0.3 is 0 Å². The van der Waals surface area contributed by atoms with Crippen molar-refractivity contribution in [1.82, 2.24) is 5.32 Å². The van der Waals surface area contributed by atoms with Crippen LogP contribution in [0.5, 0.6) is 0 Å². The summed E-state index contributed by atoms with van der Waals surface area (Å²) in [5.41, 5.74) is 3.09. The fourth-order valence-electron chi connectivity index (χ4n) is 2.81. The summed E-state index contributed by atoms with van der Waals surface area (Å²) in [5.74, 6) is 0.0413. The Labute approximate surface area is 129 Å². The SMILES string of the molecule is CC(Cc1cccs1)NC(=O)c1cccc2c1CCCN2. The van der Waals surface area contributed by atoms with Crippen LogP contribution >= 0.6 is 11.3 Å². The van der Waals surface area contributed by atoms with Gasteiger partial charge in [-0.05, 0) is 48.9 Å². The lowest BCUT2D eigenvalue weighted by molar-refractivity contribution is 0.0939. The zero-order valence-corrected chi connectivity index (χ0v) is 13.0. The number of fused-ring (bicyclic) bond motifs is 1. The number of carbonyl (C=O) groups is 1. The van der Waals surface area contributed by atoms with Crippen LogP contribution in [0.25, 0.3) is 0 Å². The summed E-state index contributed by atoms with van der Waals surface area (Å²) in [6.45, 7) is 3.05. The van der Waals surface area contributed by atoms with E-state index in [4.69, 9.17) is 0 Å². The Kier molecular flexibility index (Phi) is 4.25. The van der Waals surface area contributed by atoms with E-state index in [1.54, 1.807) is 11.3 Å². The molecule has 2 heterocycles. The molecule has 21 heavy (non-hydrogen) atoms. The van der Waals surface area contributed by atoms with E-state index in [0.29, 0.717) is 0 Å². The molecule has 110 valence electrons. The maximum atomic E-state index is 12.5. The van der Waals surface area contributed by atoms with Crippen molar-refractivity contribution >= 4 is 22.9 Å². The van der Waals surface area contributed by atoms with Crippen molar-refractivity contribution in [3.8, 4) is 0 Å². The molecule has 1 aromatic heterocycles. The summed E-state index contributed by atoms with van der Waals surface area (Å²) in [6.07, 6.45) is 2.95. The first kappa shape index (κ1) is 14.1. The van der Waals surface area contributed by atoms with E-state index in [1.165, 1.54) is 4.88 Å². The second-order valence-corrected chi connectivity index (χ2v) is 6.55. The van der Waals surface area contributed by atoms with Crippen molar-refractivity contribution in [2.24, 2.45) is 0 Å². The summed E-state index contributed by atoms with van der Waals surface area (Å²) in [6, 6.07) is 10.2. The Balaban J connectivity index is 1.70. The molecule has 0 fully saturated rings. The fourth-order valence-corrected chi connectivity index (χ4v) is 3.64. The minimum atomic E-state index is 0.0413. The highest BCUT2D eigenvalue weighted by Gasteiger charge is 2.18. The maximum absolute atomic E-state index is 12.5. The molecule has 0 saturated heterocycles. The third kappa shape index (κ3) is 3.27. The quantitative estimate of drug-likeness (QED) is 0.908. The maximum Gasteiger partial charge on any atom is 0.251 e. The zero-order valence-electron chi connectivity index (χ0n) is 12.2. The van der Waals surface area contributed by atoms with Crippen LogP contribution in [0, 0.1) is 0 Å². The second-order valence-electron chi connectivity index (χ2n) is 5.52. The standard InChI is InChI=1S/C17H20N2OS/c1-12(11-13-5-4-10-21-13)19-17(20)15-6-2-8-16-14(15)7-3-9-18-16/h2,4-6,8,10,12,18H,3,7,9,11H2,1H3,(H,19,20). The average Bonchev–Trinajstić information content (AvgIpc) is 2.99. The van der Waals surface area contributed by atoms with E-state index in [9.17, 15) is 4.79 Å². The molecule has 0 radical (unpaired) electrons. The lowest BCUT2D eigenvalue weighted by atomic mass is 9.97. The first-order valence-corrected chi connectivity index (χ1v) is 8.31. The minimum absolute atomic E-state index is 0.0413. The highest BCUT2D eigenvalue weighted by molar-refractivity contribution is 7.09. The molecule has 1 unspecified atom stereocenters. The van der Waals surface area contributed by atoms with Gasteiger partial charge < -0.3 is 10.6 Å². The number of hydrogen-bond donors (Lipinski definition) is 2. The predicted octanol–water partition coefficient (Wildman–Crippen LogP) is 3.47. The summed E-state index contributed by atoms with van der Waals surface area (Å²) in [4.78, 5) is 13.8. The third-order valence-electron chi connectivity index (χ3n) is 3.80. The van der Waals surface area contributed by atoms with Gasteiger partial charge in [0.05, 0.1) is 0 Å². The molecule has 0 bridgehead atoms. The Hall–Kier alpha value is -1.81. The monoisotopic (exact) mass is 300 g/mol. The molecule has 0 spiro atoms. The predicted molar refractivity (Wildman–Crippen MR) is 88.2 cm³/mol. The molecule has 3 rings (SSSR count). The van der Waals surface area contributed by atoms with Crippen LogP contribution in [-0.2, 0) is 12.8 Å². The van der Waals surface area contributed by atoms with Gasteiger partial charge in [0.25, 0.3) is 5.91 Å². The van der Waals surface area contributed by atoms with E-state index < -0.39 is 0 Å². The van der Waals surface area contributed by atoms with Crippen LogP contribution < -0.4 is 10.6 Å². The highest BCUT2D eigenvalue weighted by Crippen LogP contribution is 2.25. The summed E-state index contributed by atoms with van der Waals surface area (Å²) in [5, 5.41) is 8.57. The van der Waals surface area contributed by atoms with Crippen molar-refractivity contribution in [1.29, 1.82) is 0 Å². The van der Waals surface area contributed by atoms with Crippen molar-refractivity contribution < 1.29 is 4.79 Å². The Morgan fingerprint density at radius 1 is 1.38 bits per heavy atom. The van der Waals surface area contributed by atoms with Gasteiger partial charge in [-0.1, -0.05) is 12.1 Å². The van der Waals surface area contributed by atoms with Gasteiger partial charge in [0, 0.05) is 35.1 Å². The van der Waals surface area contributed by atoms with Crippen molar-refractivity contribution in [2.45, 2.75) is 32.2 Å². The van der Waals surface area contributed by atoms with E-state index in [1.807, 2.05) is 18.2 Å². The highest BCUT2D eigenvalue weighted by atomic mass is 32.1. The Bertz CT molecular complexity index is 622. The number of rotatable bonds is 4. The van der Waals surface area contributed by atoms with Gasteiger partial charge in [0.1, 0.15) is 0 Å². The average molecular weight is 300 g/mol. The number of thiophene rings is 1. The molecule has 2 N–H and O–H groups in total. The van der Waals surface area contributed by atoms with Crippen LogP contribution in [0.15, 0.2) is 35.7 Å². The van der Waals surface area contributed by atoms with E-state index in [0.717, 1.165) is 42.6 Å². The van der Waals surface area contributed by atoms with Gasteiger partial charge in [0.15, 0.2) is 0 Å². The van der Waals surface area contributed by atoms with E-state index in [-0.39, 0.29) is 11.9 Å². The van der Waals surface area contributed by atoms with Crippen molar-refractivity contribution in [2.75, 3.05) is 11.9 Å². The Morgan fingerprint density at radius 3 is 3.10 bits per heavy atom. The lowest BCUT2D eigenvalue weighted by Gasteiger charge is -2.21. The first-order chi connectivity index (χ1) is 10.2. The van der Waals surface area contributed by atoms with Crippen LogP contribution in [0.2, 0.25) is 0 Å². The third-order valence-corrected chi connectivity index (χ3v) is 4.70. The molecule has 1 aliphatic rings. The van der Waals surface area contributed by atoms with Gasteiger partial charge in [-0.15, -0.1) is 11.3 Å². The molecule has 1 atom stereocenters. The smallest absolute Gasteiger partial charge is 0.251 e. The number of benzene rings is 1. The number of anilines is 1. The van der Waals surface area contributed by atoms with Gasteiger partial charge in [-0.3, -0.25) is 4.79 Å². The van der Waals surface area contributed by atoms with Gasteiger partial charge in [-0.25, -0.2) is 0 Å². The molecule has 2 aromatic rings. The van der Waals surface area contributed by atoms with Gasteiger partial charge in [-0.2, -0.15) is 0 Å². The first-order valence-electron chi connectivity index (χ1n) is 7.43. The molecule has 0 aliphatic carbocycles. The van der Waals surface area contributed by atoms with Crippen LogP contribution in [0.3, 0.4) is 0 Å². The summed E-state index contributed by atoms with van der Waals surface area (Å²) in [7, 11) is 0.